The summed E-state index contributed by atoms with van der Waals surface area (Å²) in [6.07, 6.45) is 10.6. The van der Waals surface area contributed by atoms with Crippen LogP contribution in [0.15, 0.2) is 30.3 Å². The molecule has 0 saturated heterocycles. The predicted molar refractivity (Wildman–Crippen MR) is 75.3 cm³/mol. The van der Waals surface area contributed by atoms with Crippen molar-refractivity contribution in [2.24, 2.45) is 5.41 Å². The number of rotatable bonds is 2. The number of nitriles is 1. The number of aliphatic hydroxyl groups is 1. The van der Waals surface area contributed by atoms with Crippen molar-refractivity contribution in [3.05, 3.63) is 41.5 Å². The largest absolute Gasteiger partial charge is 0.390 e. The standard InChI is InChI=1S/C17H19NO/c18-13-15-3-1-2-14(12-15)4-5-16-6-9-17(19,10-7-16)11-8-16/h1-5,12,19H,6-11H2. The molecular formula is C17H19NO. The SMILES string of the molecule is N#Cc1cccc(C=CC23CCC(O)(CC2)CC3)c1. The van der Waals surface area contributed by atoms with Gasteiger partial charge in [0, 0.05) is 0 Å². The number of fused-ring (bicyclic) bond motifs is 3. The molecule has 1 aromatic rings. The molecule has 0 spiro atoms. The van der Waals surface area contributed by atoms with Crippen molar-refractivity contribution in [1.29, 1.82) is 5.26 Å². The summed E-state index contributed by atoms with van der Waals surface area (Å²) in [4.78, 5) is 0. The van der Waals surface area contributed by atoms with Gasteiger partial charge in [0.15, 0.2) is 0 Å². The number of nitrogens with zero attached hydrogens (tertiary/aromatic N) is 1. The molecule has 2 bridgehead atoms. The van der Waals surface area contributed by atoms with Crippen molar-refractivity contribution in [3.63, 3.8) is 0 Å². The first-order valence-electron chi connectivity index (χ1n) is 7.05. The first-order valence-corrected chi connectivity index (χ1v) is 7.05. The Balaban J connectivity index is 1.78. The lowest BCUT2D eigenvalue weighted by atomic mass is 9.58. The van der Waals surface area contributed by atoms with Crippen LogP contribution < -0.4 is 0 Å². The molecule has 19 heavy (non-hydrogen) atoms. The molecule has 0 unspecified atom stereocenters. The predicted octanol–water partition coefficient (Wildman–Crippen LogP) is 3.66. The molecule has 2 nitrogen and oxygen atoms in total. The average molecular weight is 253 g/mol. The maximum atomic E-state index is 10.2. The molecule has 1 N–H and O–H groups in total. The number of hydrogen-bond acceptors (Lipinski definition) is 2. The summed E-state index contributed by atoms with van der Waals surface area (Å²) in [5, 5.41) is 19.1. The highest BCUT2D eigenvalue weighted by molar-refractivity contribution is 5.53. The fourth-order valence-electron chi connectivity index (χ4n) is 3.43. The maximum absolute atomic E-state index is 10.2. The highest BCUT2D eigenvalue weighted by atomic mass is 16.3. The van der Waals surface area contributed by atoms with E-state index in [1.54, 1.807) is 0 Å². The van der Waals surface area contributed by atoms with E-state index in [2.05, 4.69) is 18.2 Å². The van der Waals surface area contributed by atoms with E-state index in [4.69, 9.17) is 5.26 Å². The second-order valence-corrected chi connectivity index (χ2v) is 6.16. The molecule has 0 amide bonds. The molecule has 2 heteroatoms. The zero-order chi connectivity index (χ0) is 13.3. The molecule has 3 aliphatic rings. The van der Waals surface area contributed by atoms with Crippen LogP contribution in [0, 0.1) is 16.7 Å². The molecule has 3 fully saturated rings. The lowest BCUT2D eigenvalue weighted by Crippen LogP contribution is -2.44. The minimum atomic E-state index is -0.365. The van der Waals surface area contributed by atoms with E-state index in [-0.39, 0.29) is 11.0 Å². The second kappa shape index (κ2) is 4.51. The van der Waals surface area contributed by atoms with E-state index in [0.29, 0.717) is 5.56 Å². The third-order valence-electron chi connectivity index (χ3n) is 4.91. The Morgan fingerprint density at radius 3 is 2.42 bits per heavy atom. The van der Waals surface area contributed by atoms with Gasteiger partial charge in [-0.15, -0.1) is 0 Å². The molecule has 0 aromatic heterocycles. The Bertz CT molecular complexity index is 528. The minimum absolute atomic E-state index is 0.285. The summed E-state index contributed by atoms with van der Waals surface area (Å²) in [7, 11) is 0. The van der Waals surface area contributed by atoms with Gasteiger partial charge in [0.25, 0.3) is 0 Å². The molecule has 1 aromatic carbocycles. The molecule has 0 atom stereocenters. The fourth-order valence-corrected chi connectivity index (χ4v) is 3.43. The topological polar surface area (TPSA) is 44.0 Å². The maximum Gasteiger partial charge on any atom is 0.0991 e. The van der Waals surface area contributed by atoms with Crippen LogP contribution in [0.25, 0.3) is 6.08 Å². The molecule has 3 aliphatic carbocycles. The smallest absolute Gasteiger partial charge is 0.0991 e. The van der Waals surface area contributed by atoms with Crippen LogP contribution in [0.2, 0.25) is 0 Å². The summed E-state index contributed by atoms with van der Waals surface area (Å²) in [5.41, 5.74) is 1.73. The van der Waals surface area contributed by atoms with Crippen molar-refractivity contribution in [2.45, 2.75) is 44.1 Å². The van der Waals surface area contributed by atoms with Gasteiger partial charge in [0.05, 0.1) is 17.2 Å². The zero-order valence-corrected chi connectivity index (χ0v) is 11.1. The molecule has 0 heterocycles. The van der Waals surface area contributed by atoms with Crippen LogP contribution in [0.4, 0.5) is 0 Å². The van der Waals surface area contributed by atoms with Gasteiger partial charge in [-0.25, -0.2) is 0 Å². The van der Waals surface area contributed by atoms with Crippen LogP contribution in [-0.4, -0.2) is 10.7 Å². The van der Waals surface area contributed by atoms with Gasteiger partial charge in [0.2, 0.25) is 0 Å². The van der Waals surface area contributed by atoms with Crippen molar-refractivity contribution < 1.29 is 5.11 Å². The van der Waals surface area contributed by atoms with Gasteiger partial charge in [-0.2, -0.15) is 5.26 Å². The van der Waals surface area contributed by atoms with Crippen molar-refractivity contribution in [1.82, 2.24) is 0 Å². The van der Waals surface area contributed by atoms with Crippen molar-refractivity contribution in [2.75, 3.05) is 0 Å². The summed E-state index contributed by atoms with van der Waals surface area (Å²) >= 11 is 0. The van der Waals surface area contributed by atoms with Crippen molar-refractivity contribution in [3.8, 4) is 6.07 Å². The van der Waals surface area contributed by atoms with Crippen LogP contribution in [0.5, 0.6) is 0 Å². The Morgan fingerprint density at radius 1 is 1.11 bits per heavy atom. The zero-order valence-electron chi connectivity index (χ0n) is 11.1. The fraction of sp³-hybridized carbons (Fsp3) is 0.471. The first kappa shape index (κ1) is 12.4. The quantitative estimate of drug-likeness (QED) is 0.874. The van der Waals surface area contributed by atoms with E-state index in [1.807, 2.05) is 24.3 Å². The third kappa shape index (κ3) is 2.43. The van der Waals surface area contributed by atoms with E-state index in [9.17, 15) is 5.11 Å². The number of allylic oxidation sites excluding steroid dienone is 1. The van der Waals surface area contributed by atoms with Gasteiger partial charge >= 0.3 is 0 Å². The van der Waals surface area contributed by atoms with Crippen LogP contribution in [0.1, 0.15) is 49.7 Å². The Morgan fingerprint density at radius 2 is 1.79 bits per heavy atom. The molecule has 4 rings (SSSR count). The summed E-state index contributed by atoms with van der Waals surface area (Å²) in [6.45, 7) is 0. The van der Waals surface area contributed by atoms with Gasteiger partial charge < -0.3 is 5.11 Å². The minimum Gasteiger partial charge on any atom is -0.390 e. The van der Waals surface area contributed by atoms with E-state index in [1.165, 1.54) is 0 Å². The molecule has 0 aliphatic heterocycles. The lowest BCUT2D eigenvalue weighted by molar-refractivity contribution is -0.0757. The summed E-state index contributed by atoms with van der Waals surface area (Å²) in [5.74, 6) is 0. The summed E-state index contributed by atoms with van der Waals surface area (Å²) < 4.78 is 0. The van der Waals surface area contributed by atoms with Crippen LogP contribution in [-0.2, 0) is 0 Å². The van der Waals surface area contributed by atoms with Crippen LogP contribution in [0.3, 0.4) is 0 Å². The monoisotopic (exact) mass is 253 g/mol. The molecule has 0 radical (unpaired) electrons. The van der Waals surface area contributed by atoms with E-state index < -0.39 is 0 Å². The first-order chi connectivity index (χ1) is 9.13. The molecular weight excluding hydrogens is 234 g/mol. The van der Waals surface area contributed by atoms with Crippen LogP contribution >= 0.6 is 0 Å². The highest BCUT2D eigenvalue weighted by Crippen LogP contribution is 2.53. The normalized spacial score (nSPS) is 33.5. The number of benzene rings is 1. The van der Waals surface area contributed by atoms with E-state index >= 15 is 0 Å². The van der Waals surface area contributed by atoms with Gasteiger partial charge in [-0.1, -0.05) is 24.3 Å². The van der Waals surface area contributed by atoms with Gasteiger partial charge in [-0.05, 0) is 61.6 Å². The Kier molecular flexibility index (Phi) is 2.95. The van der Waals surface area contributed by atoms with Crippen molar-refractivity contribution >= 4 is 6.08 Å². The second-order valence-electron chi connectivity index (χ2n) is 6.16. The van der Waals surface area contributed by atoms with E-state index in [0.717, 1.165) is 44.1 Å². The summed E-state index contributed by atoms with van der Waals surface area (Å²) in [6, 6.07) is 9.90. The highest BCUT2D eigenvalue weighted by Gasteiger charge is 2.46. The third-order valence-corrected chi connectivity index (χ3v) is 4.91. The average Bonchev–Trinajstić information content (AvgIpc) is 2.47. The number of hydrogen-bond donors (Lipinski definition) is 1. The van der Waals surface area contributed by atoms with Gasteiger partial charge in [0.1, 0.15) is 0 Å². The molecule has 3 saturated carbocycles. The lowest BCUT2D eigenvalue weighted by Gasteiger charge is -2.49. The van der Waals surface area contributed by atoms with Gasteiger partial charge in [-0.3, -0.25) is 0 Å². The Labute approximate surface area is 114 Å². The molecule has 98 valence electrons. The Hall–Kier alpha value is -1.59.